The van der Waals surface area contributed by atoms with E-state index in [1.807, 2.05) is 37.1 Å². The monoisotopic (exact) mass is 203 g/mol. The highest BCUT2D eigenvalue weighted by Crippen LogP contribution is 2.49. The minimum absolute atomic E-state index is 0.188. The average Bonchev–Trinajstić information content (AvgIpc) is 3.09. The lowest BCUT2D eigenvalue weighted by Gasteiger charge is -2.22. The summed E-state index contributed by atoms with van der Waals surface area (Å²) >= 11 is 0. The second-order valence-corrected chi connectivity index (χ2v) is 4.27. The zero-order valence-electron chi connectivity index (χ0n) is 9.36. The maximum Gasteiger partial charge on any atom is 0.232 e. The first-order valence-electron chi connectivity index (χ1n) is 5.52. The largest absolute Gasteiger partial charge is 0.345 e. The lowest BCUT2D eigenvalue weighted by Crippen LogP contribution is -2.36. The number of likely N-dealkylation sites (N-methyl/N-ethyl adjacent to an activating group) is 1. The molecule has 0 N–H and O–H groups in total. The summed E-state index contributed by atoms with van der Waals surface area (Å²) in [5.74, 6) is 0.274. The highest BCUT2D eigenvalue weighted by molar-refractivity contribution is 5.91. The van der Waals surface area contributed by atoms with Crippen molar-refractivity contribution in [3.05, 3.63) is 35.9 Å². The van der Waals surface area contributed by atoms with E-state index in [0.29, 0.717) is 0 Å². The molecule has 1 aliphatic carbocycles. The molecule has 0 spiro atoms. The van der Waals surface area contributed by atoms with Crippen molar-refractivity contribution in [2.45, 2.75) is 25.2 Å². The summed E-state index contributed by atoms with van der Waals surface area (Å²) in [6.45, 7) is 2.80. The van der Waals surface area contributed by atoms with Gasteiger partial charge in [0.2, 0.25) is 5.91 Å². The minimum atomic E-state index is -0.188. The SMILES string of the molecule is CCN(C)C(=O)C1(c2ccccc2)CC1. The first-order valence-corrected chi connectivity index (χ1v) is 5.52. The van der Waals surface area contributed by atoms with Crippen LogP contribution in [0, 0.1) is 0 Å². The van der Waals surface area contributed by atoms with Gasteiger partial charge in [0, 0.05) is 13.6 Å². The number of rotatable bonds is 3. The number of carbonyl (C=O) groups excluding carboxylic acids is 1. The lowest BCUT2D eigenvalue weighted by atomic mass is 9.94. The van der Waals surface area contributed by atoms with Crippen molar-refractivity contribution in [3.63, 3.8) is 0 Å². The molecule has 0 bridgehead atoms. The molecule has 2 nitrogen and oxygen atoms in total. The highest BCUT2D eigenvalue weighted by atomic mass is 16.2. The van der Waals surface area contributed by atoms with E-state index in [1.165, 1.54) is 5.56 Å². The van der Waals surface area contributed by atoms with Crippen LogP contribution in [0.2, 0.25) is 0 Å². The molecule has 0 aliphatic heterocycles. The van der Waals surface area contributed by atoms with Gasteiger partial charge in [0.1, 0.15) is 0 Å². The Morgan fingerprint density at radius 3 is 2.40 bits per heavy atom. The van der Waals surface area contributed by atoms with E-state index < -0.39 is 0 Å². The summed E-state index contributed by atoms with van der Waals surface area (Å²) in [5, 5.41) is 0. The maximum absolute atomic E-state index is 12.2. The van der Waals surface area contributed by atoms with E-state index in [4.69, 9.17) is 0 Å². The Morgan fingerprint density at radius 2 is 1.93 bits per heavy atom. The molecule has 2 heteroatoms. The van der Waals surface area contributed by atoms with Crippen molar-refractivity contribution in [3.8, 4) is 0 Å². The molecule has 80 valence electrons. The van der Waals surface area contributed by atoms with Crippen LogP contribution in [0.15, 0.2) is 30.3 Å². The number of nitrogens with zero attached hydrogens (tertiary/aromatic N) is 1. The third kappa shape index (κ3) is 1.65. The van der Waals surface area contributed by atoms with Gasteiger partial charge in [-0.25, -0.2) is 0 Å². The summed E-state index contributed by atoms with van der Waals surface area (Å²) in [7, 11) is 1.88. The van der Waals surface area contributed by atoms with Crippen LogP contribution in [0.25, 0.3) is 0 Å². The Bertz CT molecular complexity index is 354. The van der Waals surface area contributed by atoms with E-state index in [-0.39, 0.29) is 11.3 Å². The van der Waals surface area contributed by atoms with E-state index in [1.54, 1.807) is 0 Å². The second kappa shape index (κ2) is 3.69. The first kappa shape index (κ1) is 10.2. The fourth-order valence-electron chi connectivity index (χ4n) is 2.02. The normalized spacial score (nSPS) is 17.2. The third-order valence-electron chi connectivity index (χ3n) is 3.31. The summed E-state index contributed by atoms with van der Waals surface area (Å²) in [6, 6.07) is 10.1. The summed E-state index contributed by atoms with van der Waals surface area (Å²) in [6.07, 6.45) is 2.00. The van der Waals surface area contributed by atoms with Gasteiger partial charge in [-0.1, -0.05) is 30.3 Å². The van der Waals surface area contributed by atoms with Crippen LogP contribution < -0.4 is 0 Å². The molecule has 0 radical (unpaired) electrons. The van der Waals surface area contributed by atoms with Crippen molar-refractivity contribution in [2.75, 3.05) is 13.6 Å². The van der Waals surface area contributed by atoms with E-state index in [9.17, 15) is 4.79 Å². The summed E-state index contributed by atoms with van der Waals surface area (Å²) in [5.41, 5.74) is 0.988. The van der Waals surface area contributed by atoms with Crippen LogP contribution in [0.1, 0.15) is 25.3 Å². The van der Waals surface area contributed by atoms with Crippen molar-refractivity contribution < 1.29 is 4.79 Å². The zero-order chi connectivity index (χ0) is 10.9. The Balaban J connectivity index is 2.25. The fraction of sp³-hybridized carbons (Fsp3) is 0.462. The molecule has 0 atom stereocenters. The number of hydrogen-bond acceptors (Lipinski definition) is 1. The Hall–Kier alpha value is -1.31. The predicted octanol–water partition coefficient (Wildman–Crippen LogP) is 2.20. The number of hydrogen-bond donors (Lipinski definition) is 0. The van der Waals surface area contributed by atoms with Gasteiger partial charge < -0.3 is 4.90 Å². The Labute approximate surface area is 90.9 Å². The van der Waals surface area contributed by atoms with Gasteiger partial charge in [0.25, 0.3) is 0 Å². The van der Waals surface area contributed by atoms with Crippen LogP contribution in [0.5, 0.6) is 0 Å². The average molecular weight is 203 g/mol. The predicted molar refractivity (Wildman–Crippen MR) is 60.7 cm³/mol. The third-order valence-corrected chi connectivity index (χ3v) is 3.31. The number of benzene rings is 1. The van der Waals surface area contributed by atoms with Gasteiger partial charge in [0.15, 0.2) is 0 Å². The van der Waals surface area contributed by atoms with Crippen molar-refractivity contribution >= 4 is 5.91 Å². The smallest absolute Gasteiger partial charge is 0.232 e. The van der Waals surface area contributed by atoms with Crippen LogP contribution in [0.3, 0.4) is 0 Å². The fourth-order valence-corrected chi connectivity index (χ4v) is 2.02. The van der Waals surface area contributed by atoms with Crippen LogP contribution >= 0.6 is 0 Å². The standard InChI is InChI=1S/C13H17NO/c1-3-14(2)12(15)13(9-10-13)11-7-5-4-6-8-11/h4-8H,3,9-10H2,1-2H3. The molecule has 1 amide bonds. The second-order valence-electron chi connectivity index (χ2n) is 4.27. The lowest BCUT2D eigenvalue weighted by molar-refractivity contribution is -0.132. The summed E-state index contributed by atoms with van der Waals surface area (Å²) < 4.78 is 0. The highest BCUT2D eigenvalue weighted by Gasteiger charge is 2.52. The van der Waals surface area contributed by atoms with Gasteiger partial charge in [0.05, 0.1) is 5.41 Å². The van der Waals surface area contributed by atoms with E-state index in [2.05, 4.69) is 12.1 Å². The quantitative estimate of drug-likeness (QED) is 0.737. The molecule has 0 unspecified atom stereocenters. The van der Waals surface area contributed by atoms with Crippen LogP contribution in [0.4, 0.5) is 0 Å². The topological polar surface area (TPSA) is 20.3 Å². The van der Waals surface area contributed by atoms with Gasteiger partial charge in [-0.3, -0.25) is 4.79 Å². The molecule has 2 rings (SSSR count). The molecule has 1 aromatic rings. The van der Waals surface area contributed by atoms with Crippen LogP contribution in [-0.4, -0.2) is 24.4 Å². The van der Waals surface area contributed by atoms with Gasteiger partial charge in [-0.2, -0.15) is 0 Å². The molecule has 1 saturated carbocycles. The minimum Gasteiger partial charge on any atom is -0.345 e. The van der Waals surface area contributed by atoms with Crippen molar-refractivity contribution in [2.24, 2.45) is 0 Å². The molecule has 1 aromatic carbocycles. The summed E-state index contributed by atoms with van der Waals surface area (Å²) in [4.78, 5) is 14.0. The molecule has 15 heavy (non-hydrogen) atoms. The zero-order valence-corrected chi connectivity index (χ0v) is 9.36. The molecule has 1 aliphatic rings. The molecule has 0 heterocycles. The van der Waals surface area contributed by atoms with Gasteiger partial charge in [-0.15, -0.1) is 0 Å². The molecular weight excluding hydrogens is 186 g/mol. The van der Waals surface area contributed by atoms with Gasteiger partial charge >= 0.3 is 0 Å². The van der Waals surface area contributed by atoms with Crippen molar-refractivity contribution in [1.82, 2.24) is 4.90 Å². The van der Waals surface area contributed by atoms with Gasteiger partial charge in [-0.05, 0) is 25.3 Å². The molecule has 1 fully saturated rings. The molecular formula is C13H17NO. The Morgan fingerprint density at radius 1 is 1.33 bits per heavy atom. The molecule has 0 saturated heterocycles. The molecule has 0 aromatic heterocycles. The van der Waals surface area contributed by atoms with E-state index in [0.717, 1.165) is 19.4 Å². The Kier molecular flexibility index (Phi) is 2.51. The van der Waals surface area contributed by atoms with E-state index >= 15 is 0 Å². The number of amides is 1. The van der Waals surface area contributed by atoms with Crippen molar-refractivity contribution in [1.29, 1.82) is 0 Å². The number of carbonyl (C=O) groups is 1. The first-order chi connectivity index (χ1) is 7.20. The van der Waals surface area contributed by atoms with Crippen LogP contribution in [-0.2, 0) is 10.2 Å². The maximum atomic E-state index is 12.2.